The van der Waals surface area contributed by atoms with Gasteiger partial charge in [0.2, 0.25) is 17.7 Å². The van der Waals surface area contributed by atoms with Crippen LogP contribution in [-0.2, 0) is 19.1 Å². The minimum Gasteiger partial charge on any atom is -0.494 e. The second-order valence-corrected chi connectivity index (χ2v) is 15.2. The van der Waals surface area contributed by atoms with Gasteiger partial charge in [-0.15, -0.1) is 13.2 Å². The molecule has 3 fully saturated rings. The lowest BCUT2D eigenvalue weighted by molar-refractivity contribution is -0.157. The second-order valence-electron chi connectivity index (χ2n) is 15.2. The van der Waals surface area contributed by atoms with Crippen LogP contribution in [-0.4, -0.2) is 88.3 Å². The van der Waals surface area contributed by atoms with E-state index >= 15 is 4.79 Å². The van der Waals surface area contributed by atoms with Gasteiger partial charge in [0.25, 0.3) is 0 Å². The van der Waals surface area contributed by atoms with Gasteiger partial charge in [0, 0.05) is 37.5 Å². The number of unbranched alkanes of at least 4 members (excludes halogenated alkanes) is 1. The molecule has 4 rings (SSSR count). The summed E-state index contributed by atoms with van der Waals surface area (Å²) in [4.78, 5) is 49.8. The van der Waals surface area contributed by atoms with Crippen molar-refractivity contribution in [1.82, 2.24) is 9.80 Å². The Morgan fingerprint density at radius 1 is 1.04 bits per heavy atom. The van der Waals surface area contributed by atoms with E-state index in [1.165, 1.54) is 0 Å². The summed E-state index contributed by atoms with van der Waals surface area (Å²) in [6.07, 6.45) is 6.83. The van der Waals surface area contributed by atoms with Crippen molar-refractivity contribution in [3.8, 4) is 5.75 Å². The number of rotatable bonds is 16. The van der Waals surface area contributed by atoms with Crippen molar-refractivity contribution >= 4 is 23.4 Å². The molecule has 9 nitrogen and oxygen atoms in total. The average molecular weight is 652 g/mol. The first-order valence-electron chi connectivity index (χ1n) is 17.4. The first kappa shape index (κ1) is 36.7. The van der Waals surface area contributed by atoms with Gasteiger partial charge in [-0.2, -0.15) is 0 Å². The molecule has 1 spiro atoms. The topological polar surface area (TPSA) is 99.6 Å². The van der Waals surface area contributed by atoms with Crippen molar-refractivity contribution in [2.75, 3.05) is 37.7 Å². The van der Waals surface area contributed by atoms with Crippen LogP contribution in [0.1, 0.15) is 87.0 Å². The van der Waals surface area contributed by atoms with Crippen LogP contribution in [0.3, 0.4) is 0 Å². The molecule has 47 heavy (non-hydrogen) atoms. The van der Waals surface area contributed by atoms with Crippen molar-refractivity contribution in [3.63, 3.8) is 0 Å². The number of aliphatic hydroxyl groups excluding tert-OH is 1. The molecule has 1 aromatic rings. The molecule has 0 aromatic heterocycles. The van der Waals surface area contributed by atoms with Crippen LogP contribution in [0, 0.1) is 17.3 Å². The lowest BCUT2D eigenvalue weighted by atomic mass is 9.64. The number of fused-ring (bicyclic) bond motifs is 1. The van der Waals surface area contributed by atoms with Gasteiger partial charge in [-0.3, -0.25) is 14.4 Å². The normalized spacial score (nSPS) is 26.7. The fourth-order valence-electron chi connectivity index (χ4n) is 8.82. The SMILES string of the molecule is C=CCN(C(=O)[C@H]1[C@H]2C(=O)N(CCCCO)C(C(=O)N(CC=C)C(C)(C)CC(C)(C)C)C23CC[C@]1(CC)O3)c1ccc(OCC)cc1. The summed E-state index contributed by atoms with van der Waals surface area (Å²) in [5.74, 6) is -1.46. The molecule has 3 heterocycles. The van der Waals surface area contributed by atoms with Crippen LogP contribution in [0.4, 0.5) is 5.69 Å². The molecule has 260 valence electrons. The van der Waals surface area contributed by atoms with Gasteiger partial charge >= 0.3 is 0 Å². The zero-order valence-electron chi connectivity index (χ0n) is 29.7. The Balaban J connectivity index is 1.81. The van der Waals surface area contributed by atoms with Gasteiger partial charge in [0.1, 0.15) is 17.4 Å². The summed E-state index contributed by atoms with van der Waals surface area (Å²) in [7, 11) is 0. The lowest BCUT2D eigenvalue weighted by Gasteiger charge is -2.45. The first-order valence-corrected chi connectivity index (χ1v) is 17.4. The Bertz CT molecular complexity index is 1320. The largest absolute Gasteiger partial charge is 0.494 e. The number of carbonyl (C=O) groups is 3. The molecule has 0 aliphatic carbocycles. The quantitative estimate of drug-likeness (QED) is 0.180. The standard InChI is InChI=1S/C38H57N3O6/c1-10-22-39(27-16-18-28(19-17-27)46-13-4)32(43)29-30-33(44)40(24-14-15-25-42)31(38(30)21-20-37(29,12-3)47-38)34(45)41(23-11-2)36(8,9)26-35(5,6)7/h10-11,16-19,29-31,42H,1-2,12-15,20-26H2,3-9H3/t29-,30+,31?,37+,38?/m1/s1. The number of ether oxygens (including phenoxy) is 2. The van der Waals surface area contributed by atoms with E-state index in [1.54, 1.807) is 22.0 Å². The molecule has 3 aliphatic rings. The van der Waals surface area contributed by atoms with Gasteiger partial charge in [0.15, 0.2) is 0 Å². The van der Waals surface area contributed by atoms with Gasteiger partial charge in [-0.25, -0.2) is 0 Å². The molecule has 0 saturated carbocycles. The Labute approximate surface area is 281 Å². The Kier molecular flexibility index (Phi) is 11.0. The number of benzene rings is 1. The molecular weight excluding hydrogens is 594 g/mol. The smallest absolute Gasteiger partial charge is 0.249 e. The number of likely N-dealkylation sites (tertiary alicyclic amines) is 1. The number of amides is 3. The van der Waals surface area contributed by atoms with E-state index in [4.69, 9.17) is 9.47 Å². The molecule has 1 aromatic carbocycles. The highest BCUT2D eigenvalue weighted by Crippen LogP contribution is 2.65. The number of anilines is 1. The maximum absolute atomic E-state index is 15.0. The third-order valence-corrected chi connectivity index (χ3v) is 10.3. The number of hydrogen-bond acceptors (Lipinski definition) is 6. The molecule has 1 N–H and O–H groups in total. The zero-order chi connectivity index (χ0) is 34.8. The summed E-state index contributed by atoms with van der Waals surface area (Å²) < 4.78 is 12.7. The summed E-state index contributed by atoms with van der Waals surface area (Å²) in [5.41, 5.74) is -1.93. The Morgan fingerprint density at radius 3 is 2.26 bits per heavy atom. The van der Waals surface area contributed by atoms with E-state index in [9.17, 15) is 14.7 Å². The van der Waals surface area contributed by atoms with Gasteiger partial charge in [-0.05, 0) is 89.0 Å². The highest BCUT2D eigenvalue weighted by Gasteiger charge is 2.79. The zero-order valence-corrected chi connectivity index (χ0v) is 29.7. The van der Waals surface area contributed by atoms with Crippen molar-refractivity contribution in [1.29, 1.82) is 0 Å². The van der Waals surface area contributed by atoms with E-state index in [0.717, 1.165) is 6.42 Å². The van der Waals surface area contributed by atoms with Crippen molar-refractivity contribution in [2.45, 2.75) is 110 Å². The van der Waals surface area contributed by atoms with Crippen LogP contribution in [0.2, 0.25) is 0 Å². The van der Waals surface area contributed by atoms with E-state index in [-0.39, 0.29) is 36.3 Å². The number of aliphatic hydroxyl groups is 1. The molecule has 0 radical (unpaired) electrons. The second kappa shape index (κ2) is 14.1. The van der Waals surface area contributed by atoms with Crippen LogP contribution >= 0.6 is 0 Å². The van der Waals surface area contributed by atoms with Crippen molar-refractivity contribution < 1.29 is 29.0 Å². The maximum Gasteiger partial charge on any atom is 0.249 e. The molecule has 5 atom stereocenters. The van der Waals surface area contributed by atoms with E-state index in [1.807, 2.05) is 43.0 Å². The van der Waals surface area contributed by atoms with E-state index in [0.29, 0.717) is 63.2 Å². The lowest BCUT2D eigenvalue weighted by Crippen LogP contribution is -2.61. The fraction of sp³-hybridized carbons (Fsp3) is 0.658. The molecule has 3 aliphatic heterocycles. The first-order chi connectivity index (χ1) is 22.2. The minimum absolute atomic E-state index is 0.00836. The summed E-state index contributed by atoms with van der Waals surface area (Å²) in [5, 5.41) is 9.59. The Morgan fingerprint density at radius 2 is 1.70 bits per heavy atom. The van der Waals surface area contributed by atoms with Crippen LogP contribution in [0.25, 0.3) is 0 Å². The molecule has 2 unspecified atom stereocenters. The number of hydrogen-bond donors (Lipinski definition) is 1. The van der Waals surface area contributed by atoms with Gasteiger partial charge in [-0.1, -0.05) is 39.8 Å². The van der Waals surface area contributed by atoms with Gasteiger partial charge < -0.3 is 29.3 Å². The molecule has 2 bridgehead atoms. The van der Waals surface area contributed by atoms with Crippen LogP contribution in [0.15, 0.2) is 49.6 Å². The predicted molar refractivity (Wildman–Crippen MR) is 185 cm³/mol. The van der Waals surface area contributed by atoms with Crippen LogP contribution in [0.5, 0.6) is 5.75 Å². The number of nitrogens with zero attached hydrogens (tertiary/aromatic N) is 3. The molecule has 3 saturated heterocycles. The van der Waals surface area contributed by atoms with Crippen molar-refractivity contribution in [3.05, 3.63) is 49.6 Å². The predicted octanol–water partition coefficient (Wildman–Crippen LogP) is 5.76. The highest BCUT2D eigenvalue weighted by molar-refractivity contribution is 6.03. The summed E-state index contributed by atoms with van der Waals surface area (Å²) >= 11 is 0. The van der Waals surface area contributed by atoms with E-state index in [2.05, 4.69) is 47.8 Å². The summed E-state index contributed by atoms with van der Waals surface area (Å²) in [6.45, 7) is 23.8. The highest BCUT2D eigenvalue weighted by atomic mass is 16.5. The van der Waals surface area contributed by atoms with Crippen molar-refractivity contribution in [2.24, 2.45) is 17.3 Å². The third-order valence-electron chi connectivity index (χ3n) is 10.3. The van der Waals surface area contributed by atoms with E-state index < -0.39 is 34.6 Å². The van der Waals surface area contributed by atoms with Crippen LogP contribution < -0.4 is 9.64 Å². The molecule has 9 heteroatoms. The molecular formula is C38H57N3O6. The number of carbonyl (C=O) groups excluding carboxylic acids is 3. The molecule has 3 amide bonds. The minimum atomic E-state index is -1.14. The maximum atomic E-state index is 15.0. The third kappa shape index (κ3) is 6.75. The monoisotopic (exact) mass is 651 g/mol. The van der Waals surface area contributed by atoms with Gasteiger partial charge in [0.05, 0.1) is 24.0 Å². The summed E-state index contributed by atoms with van der Waals surface area (Å²) in [6, 6.07) is 6.49. The Hall–Kier alpha value is -3.17. The fourth-order valence-corrected chi connectivity index (χ4v) is 8.82. The average Bonchev–Trinajstić information content (AvgIpc) is 3.61.